The van der Waals surface area contributed by atoms with Crippen molar-refractivity contribution >= 4 is 11.9 Å². The topological polar surface area (TPSA) is 69.6 Å². The van der Waals surface area contributed by atoms with Gasteiger partial charge in [0.15, 0.2) is 0 Å². The minimum Gasteiger partial charge on any atom is -0.480 e. The van der Waals surface area contributed by atoms with Gasteiger partial charge in [0.05, 0.1) is 25.7 Å². The van der Waals surface area contributed by atoms with E-state index < -0.39 is 37.2 Å². The number of hydrogen-bond acceptors (Lipinski definition) is 3. The molecular formula is C10H13F3N2O3. The van der Waals surface area contributed by atoms with E-state index in [-0.39, 0.29) is 6.54 Å². The lowest BCUT2D eigenvalue weighted by Crippen LogP contribution is -2.50. The molecule has 0 bridgehead atoms. The third-order valence-corrected chi connectivity index (χ3v) is 2.01. The molecule has 0 aromatic rings. The third kappa shape index (κ3) is 6.75. The monoisotopic (exact) mass is 266 g/mol. The molecule has 0 aliphatic rings. The second kappa shape index (κ2) is 6.86. The van der Waals surface area contributed by atoms with E-state index in [0.29, 0.717) is 4.90 Å². The number of alkyl halides is 3. The quantitative estimate of drug-likeness (QED) is 0.668. The van der Waals surface area contributed by atoms with Gasteiger partial charge in [-0.25, -0.2) is 0 Å². The molecule has 0 saturated heterocycles. The minimum absolute atomic E-state index is 0.129. The molecule has 0 rings (SSSR count). The van der Waals surface area contributed by atoms with Crippen LogP contribution in [0.1, 0.15) is 6.92 Å². The van der Waals surface area contributed by atoms with Gasteiger partial charge in [0.2, 0.25) is 5.91 Å². The zero-order chi connectivity index (χ0) is 14.3. The van der Waals surface area contributed by atoms with Crippen molar-refractivity contribution in [2.45, 2.75) is 19.1 Å². The van der Waals surface area contributed by atoms with Crippen molar-refractivity contribution in [2.24, 2.45) is 0 Å². The maximum atomic E-state index is 12.2. The highest BCUT2D eigenvalue weighted by Gasteiger charge is 2.35. The van der Waals surface area contributed by atoms with Crippen LogP contribution >= 0.6 is 0 Å². The molecule has 1 atom stereocenters. The van der Waals surface area contributed by atoms with Crippen LogP contribution in [0.2, 0.25) is 0 Å². The number of hydrogen-bond donors (Lipinski definition) is 2. The molecule has 5 nitrogen and oxygen atoms in total. The Morgan fingerprint density at radius 1 is 1.50 bits per heavy atom. The van der Waals surface area contributed by atoms with Gasteiger partial charge in [-0.05, 0) is 6.92 Å². The molecule has 2 N–H and O–H groups in total. The Morgan fingerprint density at radius 2 is 2.06 bits per heavy atom. The van der Waals surface area contributed by atoms with Crippen molar-refractivity contribution in [3.05, 3.63) is 0 Å². The van der Waals surface area contributed by atoms with Gasteiger partial charge < -0.3 is 10.4 Å². The molecule has 0 fully saturated rings. The molecule has 0 aromatic carbocycles. The molecule has 1 unspecified atom stereocenters. The third-order valence-electron chi connectivity index (χ3n) is 2.01. The molecule has 8 heteroatoms. The van der Waals surface area contributed by atoms with E-state index in [4.69, 9.17) is 11.5 Å². The van der Waals surface area contributed by atoms with Crippen LogP contribution < -0.4 is 5.32 Å². The molecule has 0 radical (unpaired) electrons. The fourth-order valence-electron chi connectivity index (χ4n) is 1.19. The molecule has 0 spiro atoms. The first-order valence-corrected chi connectivity index (χ1v) is 4.91. The van der Waals surface area contributed by atoms with Gasteiger partial charge in [0, 0.05) is 0 Å². The number of nitrogens with one attached hydrogen (secondary N) is 1. The van der Waals surface area contributed by atoms with Crippen LogP contribution in [0.25, 0.3) is 0 Å². The summed E-state index contributed by atoms with van der Waals surface area (Å²) in [6, 6.07) is -1.24. The van der Waals surface area contributed by atoms with Gasteiger partial charge in [-0.2, -0.15) is 13.2 Å². The average molecular weight is 266 g/mol. The molecule has 0 saturated carbocycles. The summed E-state index contributed by atoms with van der Waals surface area (Å²) in [4.78, 5) is 22.4. The second-order valence-corrected chi connectivity index (χ2v) is 3.51. The standard InChI is InChI=1S/C10H13F3N2O3/c1-3-4-14-9(18)7(2)15(5-8(16)17)6-10(11,12)13/h1,7H,4-6H2,2H3,(H,14,18)(H,16,17). The van der Waals surface area contributed by atoms with Crippen LogP contribution in [0.4, 0.5) is 13.2 Å². The Kier molecular flexibility index (Phi) is 6.19. The Morgan fingerprint density at radius 3 is 2.44 bits per heavy atom. The Bertz CT molecular complexity index is 349. The van der Waals surface area contributed by atoms with E-state index in [2.05, 4.69) is 11.2 Å². The first-order valence-electron chi connectivity index (χ1n) is 4.91. The number of nitrogens with zero attached hydrogens (tertiary/aromatic N) is 1. The number of rotatable bonds is 6. The summed E-state index contributed by atoms with van der Waals surface area (Å²) in [7, 11) is 0. The molecule has 1 amide bonds. The summed E-state index contributed by atoms with van der Waals surface area (Å²) in [5.74, 6) is -0.107. The predicted octanol–water partition coefficient (Wildman–Crippen LogP) is 0.0732. The minimum atomic E-state index is -4.59. The molecule has 0 aliphatic heterocycles. The lowest BCUT2D eigenvalue weighted by Gasteiger charge is -2.27. The summed E-state index contributed by atoms with van der Waals surface area (Å²) in [6.07, 6.45) is 0.296. The van der Waals surface area contributed by atoms with E-state index in [0.717, 1.165) is 0 Å². The lowest BCUT2D eigenvalue weighted by molar-refractivity contribution is -0.160. The highest BCUT2D eigenvalue weighted by molar-refractivity contribution is 5.82. The van der Waals surface area contributed by atoms with Gasteiger partial charge in [-0.15, -0.1) is 6.42 Å². The van der Waals surface area contributed by atoms with Crippen molar-refractivity contribution in [3.8, 4) is 12.3 Å². The number of amides is 1. The smallest absolute Gasteiger partial charge is 0.401 e. The molecule has 0 aliphatic carbocycles. The van der Waals surface area contributed by atoms with Crippen molar-refractivity contribution in [2.75, 3.05) is 19.6 Å². The van der Waals surface area contributed by atoms with E-state index in [1.165, 1.54) is 6.92 Å². The Balaban J connectivity index is 4.69. The zero-order valence-electron chi connectivity index (χ0n) is 9.62. The zero-order valence-corrected chi connectivity index (χ0v) is 9.62. The van der Waals surface area contributed by atoms with Crippen molar-refractivity contribution < 1.29 is 27.9 Å². The number of carbonyl (C=O) groups excluding carboxylic acids is 1. The summed E-state index contributed by atoms with van der Waals surface area (Å²) in [5.41, 5.74) is 0. The van der Waals surface area contributed by atoms with Crippen molar-refractivity contribution in [1.82, 2.24) is 10.2 Å². The normalized spacial score (nSPS) is 12.9. The van der Waals surface area contributed by atoms with Crippen LogP contribution in [0, 0.1) is 12.3 Å². The lowest BCUT2D eigenvalue weighted by atomic mass is 10.2. The number of carbonyl (C=O) groups is 2. The summed E-state index contributed by atoms with van der Waals surface area (Å²) < 4.78 is 36.7. The molecule has 18 heavy (non-hydrogen) atoms. The van der Waals surface area contributed by atoms with Crippen molar-refractivity contribution in [1.29, 1.82) is 0 Å². The van der Waals surface area contributed by atoms with E-state index in [1.54, 1.807) is 0 Å². The summed E-state index contributed by atoms with van der Waals surface area (Å²) in [6.45, 7) is -1.31. The van der Waals surface area contributed by atoms with E-state index in [1.807, 2.05) is 0 Å². The first kappa shape index (κ1) is 16.2. The molecule has 0 heterocycles. The second-order valence-electron chi connectivity index (χ2n) is 3.51. The maximum absolute atomic E-state index is 12.2. The van der Waals surface area contributed by atoms with Crippen LogP contribution in [0.15, 0.2) is 0 Å². The molecule has 0 aromatic heterocycles. The average Bonchev–Trinajstić information content (AvgIpc) is 2.21. The fraction of sp³-hybridized carbons (Fsp3) is 0.600. The number of carboxylic acids is 1. The molecular weight excluding hydrogens is 253 g/mol. The predicted molar refractivity (Wildman–Crippen MR) is 56.6 cm³/mol. The maximum Gasteiger partial charge on any atom is 0.401 e. The SMILES string of the molecule is C#CCNC(=O)C(C)N(CC(=O)O)CC(F)(F)F. The van der Waals surface area contributed by atoms with Gasteiger partial charge in [-0.3, -0.25) is 14.5 Å². The van der Waals surface area contributed by atoms with Crippen molar-refractivity contribution in [3.63, 3.8) is 0 Å². The van der Waals surface area contributed by atoms with Gasteiger partial charge in [0.1, 0.15) is 0 Å². The van der Waals surface area contributed by atoms with Crippen LogP contribution in [-0.2, 0) is 9.59 Å². The van der Waals surface area contributed by atoms with Gasteiger partial charge >= 0.3 is 12.1 Å². The summed E-state index contributed by atoms with van der Waals surface area (Å²) >= 11 is 0. The number of carboxylic acid groups (broad SMARTS) is 1. The summed E-state index contributed by atoms with van der Waals surface area (Å²) in [5, 5.41) is 10.7. The van der Waals surface area contributed by atoms with Gasteiger partial charge in [0.25, 0.3) is 0 Å². The van der Waals surface area contributed by atoms with E-state index in [9.17, 15) is 22.8 Å². The fourth-order valence-corrected chi connectivity index (χ4v) is 1.19. The Hall–Kier alpha value is -1.75. The van der Waals surface area contributed by atoms with E-state index >= 15 is 0 Å². The van der Waals surface area contributed by atoms with Crippen LogP contribution in [0.3, 0.4) is 0 Å². The Labute approximate surface area is 102 Å². The number of halogens is 3. The van der Waals surface area contributed by atoms with Crippen LogP contribution in [0.5, 0.6) is 0 Å². The number of terminal acetylenes is 1. The number of aliphatic carboxylic acids is 1. The highest BCUT2D eigenvalue weighted by Crippen LogP contribution is 2.17. The highest BCUT2D eigenvalue weighted by atomic mass is 19.4. The largest absolute Gasteiger partial charge is 0.480 e. The van der Waals surface area contributed by atoms with Gasteiger partial charge in [-0.1, -0.05) is 5.92 Å². The first-order chi connectivity index (χ1) is 8.17. The molecule has 102 valence electrons. The van der Waals surface area contributed by atoms with Crippen LogP contribution in [-0.4, -0.2) is 53.7 Å².